The van der Waals surface area contributed by atoms with Crippen LogP contribution in [-0.4, -0.2) is 46.5 Å². The molecule has 4 rings (SSSR count). The lowest BCUT2D eigenvalue weighted by Crippen LogP contribution is -2.34. The zero-order chi connectivity index (χ0) is 28.9. The smallest absolute Gasteiger partial charge is 0.332 e. The van der Waals surface area contributed by atoms with Crippen LogP contribution < -0.4 is 10.9 Å². The van der Waals surface area contributed by atoms with Gasteiger partial charge in [-0.1, -0.05) is 12.1 Å². The van der Waals surface area contributed by atoms with Crippen molar-refractivity contribution < 1.29 is 32.3 Å². The Morgan fingerprint density at radius 3 is 2.20 bits per heavy atom. The first-order valence-corrected chi connectivity index (χ1v) is 14.3. The summed E-state index contributed by atoms with van der Waals surface area (Å²) in [4.78, 5) is 31.1. The van der Waals surface area contributed by atoms with Crippen molar-refractivity contribution in [3.8, 4) is 11.4 Å². The van der Waals surface area contributed by atoms with Gasteiger partial charge in [0.1, 0.15) is 22.7 Å². The van der Waals surface area contributed by atoms with Crippen LogP contribution in [0.5, 0.6) is 5.75 Å². The minimum absolute atomic E-state index is 0.0359. The minimum Gasteiger partial charge on any atom is -0.505 e. The van der Waals surface area contributed by atoms with Gasteiger partial charge in [-0.2, -0.15) is 0 Å². The van der Waals surface area contributed by atoms with Crippen LogP contribution in [-0.2, 0) is 20.0 Å². The predicted molar refractivity (Wildman–Crippen MR) is 146 cm³/mol. The first-order chi connectivity index (χ1) is 19.2. The molecule has 2 heterocycles. The van der Waals surface area contributed by atoms with Gasteiger partial charge in [0.25, 0.3) is 11.5 Å². The molecule has 4 aromatic rings. The largest absolute Gasteiger partial charge is 0.505 e. The third-order valence-electron chi connectivity index (χ3n) is 6.00. The van der Waals surface area contributed by atoms with E-state index in [9.17, 15) is 28.0 Å². The number of hydrogen-bond donors (Lipinski definition) is 2. The van der Waals surface area contributed by atoms with Crippen molar-refractivity contribution in [1.29, 1.82) is 0 Å². The molecule has 0 unspecified atom stereocenters. The monoisotopic (exact) mass is 571 g/mol. The molecule has 2 aromatic carbocycles. The summed E-state index contributed by atoms with van der Waals surface area (Å²) in [5.41, 5.74) is 0.367. The number of rotatable bonds is 11. The SMILES string of the molecule is CCOP(=O)(CCNC(=O)c1c(O)c2ncc(Cc3ccc(F)cc3)cc2n(-c2ccc(F)cc2)c1=O)OCC. The number of nitrogens with one attached hydrogen (secondary N) is 1. The maximum atomic E-state index is 13.7. The van der Waals surface area contributed by atoms with Gasteiger partial charge in [0.05, 0.1) is 24.9 Å². The standard InChI is InChI=1S/C28H28F2N3O6P/c1-3-38-40(37,39-4-2)14-13-31-27(35)24-26(34)25-23(33(28(24)36)22-11-9-21(30)10-12-22)16-19(17-32-25)15-18-5-7-20(29)8-6-18/h5-12,16-17,34H,3-4,13-15H2,1-2H3,(H,31,35). The quantitative estimate of drug-likeness (QED) is 0.244. The third kappa shape index (κ3) is 6.44. The van der Waals surface area contributed by atoms with Crippen LogP contribution >= 0.6 is 7.60 Å². The summed E-state index contributed by atoms with van der Waals surface area (Å²) in [6.07, 6.45) is 1.68. The van der Waals surface area contributed by atoms with Gasteiger partial charge in [0.15, 0.2) is 5.75 Å². The molecule has 0 radical (unpaired) electrons. The fourth-order valence-electron chi connectivity index (χ4n) is 4.23. The average molecular weight is 572 g/mol. The van der Waals surface area contributed by atoms with Gasteiger partial charge in [0, 0.05) is 18.4 Å². The molecule has 0 aliphatic carbocycles. The number of pyridine rings is 2. The Labute approximate surface area is 228 Å². The van der Waals surface area contributed by atoms with Crippen LogP contribution in [0, 0.1) is 11.6 Å². The molecule has 9 nitrogen and oxygen atoms in total. The Hall–Kier alpha value is -3.92. The molecule has 0 spiro atoms. The molecule has 12 heteroatoms. The molecule has 0 fully saturated rings. The minimum atomic E-state index is -3.46. The fourth-order valence-corrected chi connectivity index (χ4v) is 5.73. The highest BCUT2D eigenvalue weighted by Crippen LogP contribution is 2.47. The van der Waals surface area contributed by atoms with E-state index in [1.54, 1.807) is 32.0 Å². The van der Waals surface area contributed by atoms with Crippen LogP contribution in [0.3, 0.4) is 0 Å². The maximum absolute atomic E-state index is 13.7. The Bertz CT molecular complexity index is 1610. The molecule has 0 atom stereocenters. The number of halogens is 2. The Balaban J connectivity index is 1.76. The first kappa shape index (κ1) is 29.1. The van der Waals surface area contributed by atoms with E-state index in [-0.39, 0.29) is 48.5 Å². The number of nitrogens with zero attached hydrogens (tertiary/aromatic N) is 2. The fraction of sp³-hybridized carbons (Fsp3) is 0.250. The van der Waals surface area contributed by atoms with Crippen molar-refractivity contribution in [2.75, 3.05) is 25.9 Å². The van der Waals surface area contributed by atoms with Crippen molar-refractivity contribution in [1.82, 2.24) is 14.9 Å². The second-order valence-corrected chi connectivity index (χ2v) is 11.0. The van der Waals surface area contributed by atoms with Crippen molar-refractivity contribution in [2.24, 2.45) is 0 Å². The molecule has 40 heavy (non-hydrogen) atoms. The number of carbonyl (C=O) groups is 1. The van der Waals surface area contributed by atoms with E-state index in [0.29, 0.717) is 12.0 Å². The van der Waals surface area contributed by atoms with Crippen LogP contribution in [0.25, 0.3) is 16.7 Å². The Morgan fingerprint density at radius 2 is 1.60 bits per heavy atom. The summed E-state index contributed by atoms with van der Waals surface area (Å²) in [5, 5.41) is 13.5. The Kier molecular flexibility index (Phi) is 9.09. The molecule has 0 aliphatic heterocycles. The summed E-state index contributed by atoms with van der Waals surface area (Å²) in [7, 11) is -3.46. The van der Waals surface area contributed by atoms with Gasteiger partial charge in [-0.3, -0.25) is 23.7 Å². The van der Waals surface area contributed by atoms with Crippen molar-refractivity contribution >= 4 is 24.5 Å². The molecule has 1 amide bonds. The second kappa shape index (κ2) is 12.5. The highest BCUT2D eigenvalue weighted by Gasteiger charge is 2.27. The molecule has 2 N–H and O–H groups in total. The summed E-state index contributed by atoms with van der Waals surface area (Å²) in [6, 6.07) is 12.6. The summed E-state index contributed by atoms with van der Waals surface area (Å²) >= 11 is 0. The normalized spacial score (nSPS) is 11.6. The number of hydrogen-bond acceptors (Lipinski definition) is 7. The lowest BCUT2D eigenvalue weighted by atomic mass is 10.0. The first-order valence-electron chi connectivity index (χ1n) is 12.6. The maximum Gasteiger partial charge on any atom is 0.332 e. The predicted octanol–water partition coefficient (Wildman–Crippen LogP) is 4.96. The summed E-state index contributed by atoms with van der Waals surface area (Å²) in [5.74, 6) is -2.46. The highest BCUT2D eigenvalue weighted by molar-refractivity contribution is 7.53. The number of aromatic hydroxyl groups is 1. The molecule has 0 saturated carbocycles. The molecular formula is C28H28F2N3O6P. The summed E-state index contributed by atoms with van der Waals surface area (Å²) < 4.78 is 51.3. The molecule has 0 bridgehead atoms. The zero-order valence-corrected chi connectivity index (χ0v) is 22.8. The molecule has 210 valence electrons. The van der Waals surface area contributed by atoms with E-state index in [1.165, 1.54) is 30.5 Å². The number of aromatic nitrogens is 2. The number of fused-ring (bicyclic) bond motifs is 1. The van der Waals surface area contributed by atoms with E-state index < -0.39 is 36.2 Å². The second-order valence-electron chi connectivity index (χ2n) is 8.78. The molecular weight excluding hydrogens is 543 g/mol. The van der Waals surface area contributed by atoms with Gasteiger partial charge < -0.3 is 19.5 Å². The number of amides is 1. The van der Waals surface area contributed by atoms with Crippen LogP contribution in [0.4, 0.5) is 8.78 Å². The number of carbonyl (C=O) groups excluding carboxylic acids is 1. The third-order valence-corrected chi connectivity index (χ3v) is 8.07. The van der Waals surface area contributed by atoms with Gasteiger partial charge in [-0.25, -0.2) is 8.78 Å². The lowest BCUT2D eigenvalue weighted by Gasteiger charge is -2.18. The van der Waals surface area contributed by atoms with E-state index in [1.807, 2.05) is 0 Å². The van der Waals surface area contributed by atoms with Crippen molar-refractivity contribution in [2.45, 2.75) is 20.3 Å². The highest BCUT2D eigenvalue weighted by atomic mass is 31.2. The molecule has 2 aromatic heterocycles. The van der Waals surface area contributed by atoms with Crippen molar-refractivity contribution in [3.05, 3.63) is 99.5 Å². The van der Waals surface area contributed by atoms with Crippen LogP contribution in [0.1, 0.15) is 35.3 Å². The van der Waals surface area contributed by atoms with E-state index >= 15 is 0 Å². The molecule has 0 saturated heterocycles. The topological polar surface area (TPSA) is 120 Å². The number of benzene rings is 2. The van der Waals surface area contributed by atoms with Crippen LogP contribution in [0.2, 0.25) is 0 Å². The lowest BCUT2D eigenvalue weighted by molar-refractivity contribution is 0.0951. The van der Waals surface area contributed by atoms with Gasteiger partial charge >= 0.3 is 7.60 Å². The van der Waals surface area contributed by atoms with Crippen LogP contribution in [0.15, 0.2) is 65.6 Å². The van der Waals surface area contributed by atoms with Gasteiger partial charge in [-0.05, 0) is 73.9 Å². The van der Waals surface area contributed by atoms with Crippen molar-refractivity contribution in [3.63, 3.8) is 0 Å². The van der Waals surface area contributed by atoms with E-state index in [4.69, 9.17) is 9.05 Å². The summed E-state index contributed by atoms with van der Waals surface area (Å²) in [6.45, 7) is 3.45. The zero-order valence-electron chi connectivity index (χ0n) is 21.9. The van der Waals surface area contributed by atoms with Gasteiger partial charge in [0.2, 0.25) is 0 Å². The Morgan fingerprint density at radius 1 is 1.00 bits per heavy atom. The van der Waals surface area contributed by atoms with E-state index in [2.05, 4.69) is 10.3 Å². The van der Waals surface area contributed by atoms with Gasteiger partial charge in [-0.15, -0.1) is 0 Å². The average Bonchev–Trinajstić information content (AvgIpc) is 2.91. The molecule has 0 aliphatic rings. The van der Waals surface area contributed by atoms with E-state index in [0.717, 1.165) is 22.3 Å².